The molecule has 1 amide bonds. The Morgan fingerprint density at radius 1 is 1.10 bits per heavy atom. The molecule has 2 rings (SSSR count). The molecule has 0 heterocycles. The van der Waals surface area contributed by atoms with Crippen molar-refractivity contribution in [3.05, 3.63) is 71.3 Å². The Kier molecular flexibility index (Phi) is 5.09. The monoisotopic (exact) mass is 284 g/mol. The quantitative estimate of drug-likeness (QED) is 0.784. The van der Waals surface area contributed by atoms with E-state index in [4.69, 9.17) is 5.73 Å². The molecule has 0 spiro atoms. The third-order valence-corrected chi connectivity index (χ3v) is 3.42. The zero-order valence-corrected chi connectivity index (χ0v) is 12.0. The van der Waals surface area contributed by atoms with Crippen molar-refractivity contribution in [2.24, 2.45) is 5.73 Å². The van der Waals surface area contributed by atoms with Crippen molar-refractivity contribution in [1.29, 1.82) is 0 Å². The lowest BCUT2D eigenvalue weighted by atomic mass is 10.0. The molecule has 21 heavy (non-hydrogen) atoms. The average Bonchev–Trinajstić information content (AvgIpc) is 2.53. The third kappa shape index (κ3) is 3.90. The summed E-state index contributed by atoms with van der Waals surface area (Å²) in [5.41, 5.74) is 8.69. The molecular formula is C17H20N2O2. The minimum atomic E-state index is -0.747. The van der Waals surface area contributed by atoms with E-state index in [1.807, 2.05) is 61.5 Å². The Bertz CT molecular complexity index is 581. The van der Waals surface area contributed by atoms with E-state index in [0.29, 0.717) is 0 Å². The number of aliphatic hydroxyl groups is 1. The van der Waals surface area contributed by atoms with Crippen molar-refractivity contribution in [2.45, 2.75) is 19.0 Å². The van der Waals surface area contributed by atoms with E-state index in [0.717, 1.165) is 16.7 Å². The van der Waals surface area contributed by atoms with Gasteiger partial charge in [0, 0.05) is 0 Å². The summed E-state index contributed by atoms with van der Waals surface area (Å²) in [4.78, 5) is 12.2. The van der Waals surface area contributed by atoms with Gasteiger partial charge in [0.2, 0.25) is 5.91 Å². The van der Waals surface area contributed by atoms with Gasteiger partial charge in [0.05, 0.1) is 12.6 Å². The van der Waals surface area contributed by atoms with Crippen LogP contribution in [0.5, 0.6) is 0 Å². The van der Waals surface area contributed by atoms with E-state index in [1.54, 1.807) is 0 Å². The predicted octanol–water partition coefficient (Wildman–Crippen LogP) is 1.84. The van der Waals surface area contributed by atoms with Gasteiger partial charge in [0.15, 0.2) is 0 Å². The minimum absolute atomic E-state index is 0.170. The van der Waals surface area contributed by atoms with Crippen LogP contribution in [0, 0.1) is 6.92 Å². The summed E-state index contributed by atoms with van der Waals surface area (Å²) in [6, 6.07) is 15.7. The van der Waals surface area contributed by atoms with E-state index in [1.165, 1.54) is 0 Å². The molecule has 0 bridgehead atoms. The molecule has 110 valence electrons. The zero-order chi connectivity index (χ0) is 15.2. The molecule has 0 aromatic heterocycles. The van der Waals surface area contributed by atoms with Crippen molar-refractivity contribution >= 4 is 5.91 Å². The lowest BCUT2D eigenvalue weighted by Gasteiger charge is -2.20. The van der Waals surface area contributed by atoms with E-state index in [9.17, 15) is 9.90 Å². The maximum atomic E-state index is 12.2. The average molecular weight is 284 g/mol. The number of amides is 1. The summed E-state index contributed by atoms with van der Waals surface area (Å²) in [5.74, 6) is -0.304. The standard InChI is InChI=1S/C17H20N2O2/c1-12-7-9-14(10-8-12)16(18)17(21)19-15(11-20)13-5-3-2-4-6-13/h2-10,15-16,20H,11,18H2,1H3,(H,19,21)/t15-,16?/m1/s1. The highest BCUT2D eigenvalue weighted by Gasteiger charge is 2.20. The number of hydrogen-bond acceptors (Lipinski definition) is 3. The topological polar surface area (TPSA) is 75.4 Å². The molecular weight excluding hydrogens is 264 g/mol. The number of carbonyl (C=O) groups excluding carboxylic acids is 1. The van der Waals surface area contributed by atoms with Gasteiger partial charge in [-0.25, -0.2) is 0 Å². The van der Waals surface area contributed by atoms with Gasteiger partial charge in [-0.2, -0.15) is 0 Å². The molecule has 0 aliphatic rings. The fourth-order valence-electron chi connectivity index (χ4n) is 2.11. The third-order valence-electron chi connectivity index (χ3n) is 3.42. The first-order valence-corrected chi connectivity index (χ1v) is 6.90. The molecule has 0 aliphatic carbocycles. The van der Waals surface area contributed by atoms with Crippen LogP contribution in [-0.4, -0.2) is 17.6 Å². The van der Waals surface area contributed by atoms with Crippen LogP contribution < -0.4 is 11.1 Å². The second-order valence-corrected chi connectivity index (χ2v) is 5.04. The maximum absolute atomic E-state index is 12.2. The van der Waals surface area contributed by atoms with Gasteiger partial charge in [0.25, 0.3) is 0 Å². The summed E-state index contributed by atoms with van der Waals surface area (Å²) >= 11 is 0. The summed E-state index contributed by atoms with van der Waals surface area (Å²) in [5, 5.41) is 12.2. The Hall–Kier alpha value is -2.17. The second-order valence-electron chi connectivity index (χ2n) is 5.04. The van der Waals surface area contributed by atoms with Gasteiger partial charge in [-0.05, 0) is 18.1 Å². The van der Waals surface area contributed by atoms with Crippen LogP contribution in [-0.2, 0) is 4.79 Å². The van der Waals surface area contributed by atoms with Crippen LogP contribution in [0.1, 0.15) is 28.8 Å². The molecule has 2 atom stereocenters. The summed E-state index contributed by atoms with van der Waals surface area (Å²) < 4.78 is 0. The molecule has 1 unspecified atom stereocenters. The van der Waals surface area contributed by atoms with Crippen molar-refractivity contribution in [3.63, 3.8) is 0 Å². The fourth-order valence-corrected chi connectivity index (χ4v) is 2.11. The Morgan fingerprint density at radius 2 is 1.71 bits per heavy atom. The Balaban J connectivity index is 2.07. The molecule has 0 radical (unpaired) electrons. The van der Waals surface area contributed by atoms with Crippen molar-refractivity contribution in [1.82, 2.24) is 5.32 Å². The van der Waals surface area contributed by atoms with E-state index in [-0.39, 0.29) is 12.5 Å². The number of aliphatic hydroxyl groups excluding tert-OH is 1. The van der Waals surface area contributed by atoms with Gasteiger partial charge in [-0.3, -0.25) is 4.79 Å². The van der Waals surface area contributed by atoms with Crippen molar-refractivity contribution < 1.29 is 9.90 Å². The molecule has 0 aliphatic heterocycles. The molecule has 0 saturated heterocycles. The molecule has 2 aromatic rings. The van der Waals surface area contributed by atoms with Crippen LogP contribution in [0.25, 0.3) is 0 Å². The maximum Gasteiger partial charge on any atom is 0.242 e. The highest BCUT2D eigenvalue weighted by Crippen LogP contribution is 2.15. The normalized spacial score (nSPS) is 13.5. The van der Waals surface area contributed by atoms with Crippen LogP contribution in [0.2, 0.25) is 0 Å². The molecule has 0 fully saturated rings. The number of carbonyl (C=O) groups is 1. The number of aryl methyl sites for hydroxylation is 1. The highest BCUT2D eigenvalue weighted by molar-refractivity contribution is 5.83. The summed E-state index contributed by atoms with van der Waals surface area (Å²) in [6.07, 6.45) is 0. The second kappa shape index (κ2) is 7.02. The van der Waals surface area contributed by atoms with Gasteiger partial charge in [0.1, 0.15) is 6.04 Å². The van der Waals surface area contributed by atoms with Gasteiger partial charge in [-0.1, -0.05) is 60.2 Å². The van der Waals surface area contributed by atoms with Crippen LogP contribution in [0.4, 0.5) is 0 Å². The number of hydrogen-bond donors (Lipinski definition) is 3. The van der Waals surface area contributed by atoms with Gasteiger partial charge >= 0.3 is 0 Å². The fraction of sp³-hybridized carbons (Fsp3) is 0.235. The summed E-state index contributed by atoms with van der Waals surface area (Å²) in [6.45, 7) is 1.81. The first kappa shape index (κ1) is 15.2. The van der Waals surface area contributed by atoms with Gasteiger partial charge < -0.3 is 16.2 Å². The van der Waals surface area contributed by atoms with Crippen molar-refractivity contribution in [3.8, 4) is 0 Å². The van der Waals surface area contributed by atoms with Crippen LogP contribution in [0.3, 0.4) is 0 Å². The Labute approximate surface area is 124 Å². The zero-order valence-electron chi connectivity index (χ0n) is 12.0. The minimum Gasteiger partial charge on any atom is -0.394 e. The first-order valence-electron chi connectivity index (χ1n) is 6.90. The lowest BCUT2D eigenvalue weighted by molar-refractivity contribution is -0.123. The van der Waals surface area contributed by atoms with E-state index in [2.05, 4.69) is 5.32 Å². The van der Waals surface area contributed by atoms with Crippen molar-refractivity contribution in [2.75, 3.05) is 6.61 Å². The largest absolute Gasteiger partial charge is 0.394 e. The van der Waals surface area contributed by atoms with E-state index >= 15 is 0 Å². The van der Waals surface area contributed by atoms with Crippen LogP contribution >= 0.6 is 0 Å². The highest BCUT2D eigenvalue weighted by atomic mass is 16.3. The number of benzene rings is 2. The number of nitrogens with two attached hydrogens (primary N) is 1. The predicted molar refractivity (Wildman–Crippen MR) is 82.5 cm³/mol. The lowest BCUT2D eigenvalue weighted by Crippen LogP contribution is -2.37. The van der Waals surface area contributed by atoms with E-state index < -0.39 is 12.1 Å². The smallest absolute Gasteiger partial charge is 0.242 e. The molecule has 4 N–H and O–H groups in total. The number of nitrogens with one attached hydrogen (secondary N) is 1. The molecule has 4 heteroatoms. The SMILES string of the molecule is Cc1ccc(C(N)C(=O)N[C@H](CO)c2ccccc2)cc1. The molecule has 4 nitrogen and oxygen atoms in total. The Morgan fingerprint density at radius 3 is 2.29 bits per heavy atom. The molecule has 2 aromatic carbocycles. The van der Waals surface area contributed by atoms with Gasteiger partial charge in [-0.15, -0.1) is 0 Å². The first-order chi connectivity index (χ1) is 10.1. The summed E-state index contributed by atoms with van der Waals surface area (Å²) in [7, 11) is 0. The molecule has 0 saturated carbocycles. The van der Waals surface area contributed by atoms with Crippen LogP contribution in [0.15, 0.2) is 54.6 Å². The number of rotatable bonds is 5.